The van der Waals surface area contributed by atoms with E-state index in [9.17, 15) is 18.0 Å². The maximum atomic E-state index is 14.1. The highest BCUT2D eigenvalue weighted by atomic mass is 35.5. The Morgan fingerprint density at radius 3 is 2.22 bits per heavy atom. The molecule has 0 saturated heterocycles. The molecule has 1 saturated carbocycles. The molecule has 1 atom stereocenters. The molecule has 0 unspecified atom stereocenters. The van der Waals surface area contributed by atoms with E-state index in [4.69, 9.17) is 23.2 Å². The predicted octanol–water partition coefficient (Wildman–Crippen LogP) is 6.28. The summed E-state index contributed by atoms with van der Waals surface area (Å²) < 4.78 is 29.1. The molecule has 0 radical (unpaired) electrons. The van der Waals surface area contributed by atoms with Gasteiger partial charge in [0, 0.05) is 22.6 Å². The third kappa shape index (κ3) is 7.42. The van der Waals surface area contributed by atoms with E-state index in [-0.39, 0.29) is 23.4 Å². The molecule has 7 nitrogen and oxygen atoms in total. The zero-order valence-corrected chi connectivity index (χ0v) is 25.8. The first-order valence-electron chi connectivity index (χ1n) is 13.7. The van der Waals surface area contributed by atoms with Crippen LogP contribution in [0.5, 0.6) is 0 Å². The highest BCUT2D eigenvalue weighted by molar-refractivity contribution is 7.92. The SMILES string of the molecule is Cc1ccc(S(=O)(=O)N(CC(=O)N(Cc2ccc(Cl)cc2)[C@@H](C)C(=O)NC2CCCC2)c2cccc(Cl)c2C)cc1. The van der Waals surface area contributed by atoms with Gasteiger partial charge >= 0.3 is 0 Å². The van der Waals surface area contributed by atoms with Crippen molar-refractivity contribution in [1.29, 1.82) is 0 Å². The minimum atomic E-state index is -4.17. The van der Waals surface area contributed by atoms with Gasteiger partial charge < -0.3 is 10.2 Å². The lowest BCUT2D eigenvalue weighted by Gasteiger charge is -2.33. The van der Waals surface area contributed by atoms with E-state index in [1.807, 2.05) is 6.92 Å². The fourth-order valence-corrected chi connectivity index (χ4v) is 6.75. The van der Waals surface area contributed by atoms with Crippen LogP contribution in [0.15, 0.2) is 71.6 Å². The Hall–Kier alpha value is -3.07. The van der Waals surface area contributed by atoms with Gasteiger partial charge in [0.1, 0.15) is 12.6 Å². The summed E-state index contributed by atoms with van der Waals surface area (Å²) in [6.07, 6.45) is 3.91. The van der Waals surface area contributed by atoms with Crippen LogP contribution in [0.25, 0.3) is 0 Å². The van der Waals surface area contributed by atoms with Crippen molar-refractivity contribution < 1.29 is 18.0 Å². The highest BCUT2D eigenvalue weighted by Gasteiger charge is 2.34. The molecule has 0 spiro atoms. The third-order valence-electron chi connectivity index (χ3n) is 7.53. The molecule has 0 heterocycles. The largest absolute Gasteiger partial charge is 0.352 e. The van der Waals surface area contributed by atoms with Gasteiger partial charge in [-0.3, -0.25) is 13.9 Å². The quantitative estimate of drug-likeness (QED) is 0.291. The molecule has 218 valence electrons. The molecule has 1 fully saturated rings. The molecule has 0 bridgehead atoms. The van der Waals surface area contributed by atoms with E-state index in [0.717, 1.165) is 41.1 Å². The number of nitrogens with one attached hydrogen (secondary N) is 1. The first kappa shape index (κ1) is 30.9. The Labute approximate surface area is 252 Å². The van der Waals surface area contributed by atoms with Crippen molar-refractivity contribution in [2.75, 3.05) is 10.8 Å². The first-order chi connectivity index (χ1) is 19.5. The van der Waals surface area contributed by atoms with Gasteiger partial charge in [0.15, 0.2) is 0 Å². The summed E-state index contributed by atoms with van der Waals surface area (Å²) in [6, 6.07) is 17.6. The molecule has 1 N–H and O–H groups in total. The minimum Gasteiger partial charge on any atom is -0.352 e. The maximum Gasteiger partial charge on any atom is 0.264 e. The molecular weight excluding hydrogens is 581 g/mol. The number of amides is 2. The number of hydrogen-bond donors (Lipinski definition) is 1. The van der Waals surface area contributed by atoms with Gasteiger partial charge in [-0.25, -0.2) is 8.42 Å². The Bertz CT molecular complexity index is 1490. The van der Waals surface area contributed by atoms with Crippen LogP contribution in [0.4, 0.5) is 5.69 Å². The summed E-state index contributed by atoms with van der Waals surface area (Å²) in [4.78, 5) is 28.9. The molecule has 1 aliphatic rings. The van der Waals surface area contributed by atoms with Gasteiger partial charge in [-0.2, -0.15) is 0 Å². The lowest BCUT2D eigenvalue weighted by atomic mass is 10.1. The number of nitrogens with zero attached hydrogens (tertiary/aromatic N) is 2. The average molecular weight is 617 g/mol. The number of sulfonamides is 1. The third-order valence-corrected chi connectivity index (χ3v) is 9.97. The fourth-order valence-electron chi connectivity index (χ4n) is 4.98. The predicted molar refractivity (Wildman–Crippen MR) is 164 cm³/mol. The normalized spacial score (nSPS) is 14.5. The van der Waals surface area contributed by atoms with Crippen LogP contribution in [0.3, 0.4) is 0 Å². The van der Waals surface area contributed by atoms with Crippen LogP contribution < -0.4 is 9.62 Å². The standard InChI is InChI=1S/C31H35Cl2N3O4S/c1-21-11-17-27(18-12-21)41(39,40)36(29-10-6-9-28(33)22(29)2)20-30(37)35(19-24-13-15-25(32)16-14-24)23(3)31(38)34-26-7-4-5-8-26/h6,9-18,23,26H,4-5,7-8,19-20H2,1-3H3,(H,34,38)/t23-/m0/s1. The summed E-state index contributed by atoms with van der Waals surface area (Å²) in [5, 5.41) is 3.99. The monoisotopic (exact) mass is 615 g/mol. The summed E-state index contributed by atoms with van der Waals surface area (Å²) in [7, 11) is -4.17. The number of anilines is 1. The lowest BCUT2D eigenvalue weighted by Crippen LogP contribution is -2.52. The van der Waals surface area contributed by atoms with Crippen LogP contribution in [0.2, 0.25) is 10.0 Å². The molecule has 4 rings (SSSR count). The van der Waals surface area contributed by atoms with Crippen LogP contribution in [0, 0.1) is 13.8 Å². The zero-order chi connectivity index (χ0) is 29.7. The van der Waals surface area contributed by atoms with Gasteiger partial charge in [0.2, 0.25) is 11.8 Å². The van der Waals surface area contributed by atoms with Crippen LogP contribution in [0.1, 0.15) is 49.3 Å². The van der Waals surface area contributed by atoms with Crippen LogP contribution in [-0.4, -0.2) is 43.8 Å². The minimum absolute atomic E-state index is 0.0477. The number of carbonyl (C=O) groups excluding carboxylic acids is 2. The second-order valence-corrected chi connectivity index (χ2v) is 13.2. The second-order valence-electron chi connectivity index (χ2n) is 10.5. The molecule has 2 amide bonds. The molecule has 41 heavy (non-hydrogen) atoms. The van der Waals surface area contributed by atoms with E-state index in [1.54, 1.807) is 68.4 Å². The fraction of sp³-hybridized carbons (Fsp3) is 0.355. The number of rotatable bonds is 10. The first-order valence-corrected chi connectivity index (χ1v) is 15.9. The molecule has 1 aliphatic carbocycles. The number of benzene rings is 3. The van der Waals surface area contributed by atoms with E-state index in [1.165, 1.54) is 17.0 Å². The number of hydrogen-bond acceptors (Lipinski definition) is 4. The van der Waals surface area contributed by atoms with Gasteiger partial charge in [-0.15, -0.1) is 0 Å². The Morgan fingerprint density at radius 1 is 0.951 bits per heavy atom. The summed E-state index contributed by atoms with van der Waals surface area (Å²) >= 11 is 12.5. The molecule has 3 aromatic carbocycles. The Kier molecular flexibility index (Phi) is 10.00. The van der Waals surface area contributed by atoms with Gasteiger partial charge in [-0.05, 0) is 81.1 Å². The van der Waals surface area contributed by atoms with Crippen molar-refractivity contribution in [2.24, 2.45) is 0 Å². The summed E-state index contributed by atoms with van der Waals surface area (Å²) in [5.74, 6) is -0.796. The number of aryl methyl sites for hydroxylation is 1. The van der Waals surface area contributed by atoms with Gasteiger partial charge in [0.25, 0.3) is 10.0 Å². The van der Waals surface area contributed by atoms with Crippen molar-refractivity contribution in [3.63, 3.8) is 0 Å². The molecule has 0 aliphatic heterocycles. The Morgan fingerprint density at radius 2 is 1.59 bits per heavy atom. The van der Waals surface area contributed by atoms with E-state index in [2.05, 4.69) is 5.32 Å². The smallest absolute Gasteiger partial charge is 0.264 e. The summed E-state index contributed by atoms with van der Waals surface area (Å²) in [6.45, 7) is 4.82. The number of carbonyl (C=O) groups is 2. The molecule has 3 aromatic rings. The van der Waals surface area contributed by atoms with Crippen molar-refractivity contribution in [1.82, 2.24) is 10.2 Å². The summed E-state index contributed by atoms with van der Waals surface area (Å²) in [5.41, 5.74) is 2.48. The average Bonchev–Trinajstić information content (AvgIpc) is 3.46. The number of halogens is 2. The van der Waals surface area contributed by atoms with E-state index in [0.29, 0.717) is 21.3 Å². The van der Waals surface area contributed by atoms with Crippen molar-refractivity contribution in [2.45, 2.75) is 70.0 Å². The van der Waals surface area contributed by atoms with E-state index >= 15 is 0 Å². The van der Waals surface area contributed by atoms with Gasteiger partial charge in [-0.1, -0.05) is 71.9 Å². The molecule has 10 heteroatoms. The van der Waals surface area contributed by atoms with Crippen LogP contribution in [-0.2, 0) is 26.2 Å². The van der Waals surface area contributed by atoms with E-state index < -0.39 is 28.5 Å². The zero-order valence-electron chi connectivity index (χ0n) is 23.4. The Balaban J connectivity index is 1.71. The topological polar surface area (TPSA) is 86.8 Å². The van der Waals surface area contributed by atoms with Crippen LogP contribution >= 0.6 is 23.2 Å². The maximum absolute atomic E-state index is 14.1. The van der Waals surface area contributed by atoms with Crippen molar-refractivity contribution >= 4 is 50.7 Å². The lowest BCUT2D eigenvalue weighted by molar-refractivity contribution is -0.139. The highest BCUT2D eigenvalue weighted by Crippen LogP contribution is 2.31. The van der Waals surface area contributed by atoms with Gasteiger partial charge in [0.05, 0.1) is 10.6 Å². The molecule has 0 aromatic heterocycles. The van der Waals surface area contributed by atoms with Crippen molar-refractivity contribution in [3.05, 3.63) is 93.5 Å². The second kappa shape index (κ2) is 13.3. The molecular formula is C31H35Cl2N3O4S. The van der Waals surface area contributed by atoms with Crippen molar-refractivity contribution in [3.8, 4) is 0 Å².